The smallest absolute Gasteiger partial charge is 0.0502 e. The summed E-state index contributed by atoms with van der Waals surface area (Å²) in [5.74, 6) is 0. The number of aryl methyl sites for hydroxylation is 1. The topological polar surface area (TPSA) is 4.93 Å². The van der Waals surface area contributed by atoms with Crippen LogP contribution in [0, 0.1) is 0 Å². The maximum Gasteiger partial charge on any atom is 0.0502 e. The Balaban J connectivity index is 1.71. The molecule has 3 rings (SSSR count). The second kappa shape index (κ2) is 9.23. The van der Waals surface area contributed by atoms with E-state index in [-0.39, 0.29) is 0 Å². The van der Waals surface area contributed by atoms with Crippen LogP contribution < -0.4 is 0 Å². The molecule has 1 heterocycles. The van der Waals surface area contributed by atoms with Gasteiger partial charge in [-0.25, -0.2) is 0 Å². The monoisotopic (exact) mass is 463 g/mol. The Kier molecular flexibility index (Phi) is 7.00. The van der Waals surface area contributed by atoms with Crippen molar-refractivity contribution >= 4 is 53.7 Å². The van der Waals surface area contributed by atoms with Crippen molar-refractivity contribution in [2.75, 3.05) is 0 Å². The van der Waals surface area contributed by atoms with Crippen LogP contribution >= 0.6 is 31.9 Å². The predicted octanol–water partition coefficient (Wildman–Crippen LogP) is 8.46. The zero-order valence-electron chi connectivity index (χ0n) is 15.0. The van der Waals surface area contributed by atoms with Crippen LogP contribution in [-0.2, 0) is 6.54 Å². The normalized spacial score (nSPS) is 11.6. The molecular formula is C22H27Br2N. The van der Waals surface area contributed by atoms with E-state index in [9.17, 15) is 0 Å². The maximum atomic E-state index is 3.64. The molecular weight excluding hydrogens is 438 g/mol. The van der Waals surface area contributed by atoms with Gasteiger partial charge in [0.2, 0.25) is 0 Å². The molecule has 0 aliphatic rings. The Morgan fingerprint density at radius 2 is 1.16 bits per heavy atom. The number of hydrogen-bond acceptors (Lipinski definition) is 0. The molecule has 134 valence electrons. The van der Waals surface area contributed by atoms with Crippen molar-refractivity contribution in [1.29, 1.82) is 0 Å². The lowest BCUT2D eigenvalue weighted by Crippen LogP contribution is -1.98. The van der Waals surface area contributed by atoms with E-state index >= 15 is 0 Å². The second-order valence-electron chi connectivity index (χ2n) is 6.95. The minimum Gasteiger partial charge on any atom is -0.340 e. The third kappa shape index (κ3) is 4.68. The Bertz CT molecular complexity index is 776. The molecule has 0 aliphatic carbocycles. The minimum absolute atomic E-state index is 1.10. The fourth-order valence-corrected chi connectivity index (χ4v) is 4.38. The highest BCUT2D eigenvalue weighted by molar-refractivity contribution is 9.10. The van der Waals surface area contributed by atoms with Crippen molar-refractivity contribution in [3.63, 3.8) is 0 Å². The fourth-order valence-electron chi connectivity index (χ4n) is 3.69. The molecule has 0 amide bonds. The first-order valence-electron chi connectivity index (χ1n) is 9.57. The lowest BCUT2D eigenvalue weighted by Gasteiger charge is -2.08. The molecule has 0 aliphatic heterocycles. The number of benzene rings is 2. The first-order valence-corrected chi connectivity index (χ1v) is 11.2. The van der Waals surface area contributed by atoms with Crippen LogP contribution in [0.15, 0.2) is 45.3 Å². The highest BCUT2D eigenvalue weighted by Gasteiger charge is 2.11. The first kappa shape index (κ1) is 19.0. The summed E-state index contributed by atoms with van der Waals surface area (Å²) < 4.78 is 4.80. The predicted molar refractivity (Wildman–Crippen MR) is 117 cm³/mol. The largest absolute Gasteiger partial charge is 0.340 e. The van der Waals surface area contributed by atoms with E-state index in [0.717, 1.165) is 15.5 Å². The molecule has 0 atom stereocenters. The van der Waals surface area contributed by atoms with Gasteiger partial charge in [-0.2, -0.15) is 0 Å². The van der Waals surface area contributed by atoms with Gasteiger partial charge in [0.15, 0.2) is 0 Å². The quantitative estimate of drug-likeness (QED) is 0.280. The zero-order chi connectivity index (χ0) is 17.6. The third-order valence-electron chi connectivity index (χ3n) is 5.03. The van der Waals surface area contributed by atoms with E-state index in [1.807, 2.05) is 0 Å². The molecule has 0 bridgehead atoms. The molecule has 1 nitrogen and oxygen atoms in total. The van der Waals surface area contributed by atoms with E-state index < -0.39 is 0 Å². The lowest BCUT2D eigenvalue weighted by atomic mass is 10.1. The number of hydrogen-bond donors (Lipinski definition) is 0. The highest BCUT2D eigenvalue weighted by Crippen LogP contribution is 2.33. The average Bonchev–Trinajstić information content (AvgIpc) is 2.89. The van der Waals surface area contributed by atoms with Gasteiger partial charge in [-0.05, 0) is 30.7 Å². The van der Waals surface area contributed by atoms with Gasteiger partial charge < -0.3 is 4.57 Å². The molecule has 25 heavy (non-hydrogen) atoms. The van der Waals surface area contributed by atoms with E-state index in [2.05, 4.69) is 79.7 Å². The molecule has 0 radical (unpaired) electrons. The number of unbranched alkanes of at least 4 members (excludes halogenated alkanes) is 7. The third-order valence-corrected chi connectivity index (χ3v) is 6.01. The van der Waals surface area contributed by atoms with Gasteiger partial charge in [0.25, 0.3) is 0 Å². The van der Waals surface area contributed by atoms with Crippen LogP contribution in [0.3, 0.4) is 0 Å². The van der Waals surface area contributed by atoms with Crippen molar-refractivity contribution in [2.45, 2.75) is 64.8 Å². The summed E-state index contributed by atoms with van der Waals surface area (Å²) in [6.45, 7) is 3.38. The molecule has 2 aromatic carbocycles. The van der Waals surface area contributed by atoms with E-state index in [1.54, 1.807) is 0 Å². The number of halogens is 2. The molecule has 0 fully saturated rings. The molecule has 3 aromatic rings. The van der Waals surface area contributed by atoms with Crippen LogP contribution in [0.25, 0.3) is 21.8 Å². The summed E-state index contributed by atoms with van der Waals surface area (Å²) in [6, 6.07) is 13.3. The number of fused-ring (bicyclic) bond motifs is 3. The van der Waals surface area contributed by atoms with Crippen LogP contribution in [0.2, 0.25) is 0 Å². The maximum absolute atomic E-state index is 3.64. The van der Waals surface area contributed by atoms with Gasteiger partial charge in [-0.3, -0.25) is 0 Å². The fraction of sp³-hybridized carbons (Fsp3) is 0.455. The summed E-state index contributed by atoms with van der Waals surface area (Å²) in [5, 5.41) is 2.70. The summed E-state index contributed by atoms with van der Waals surface area (Å²) in [6.07, 6.45) is 10.9. The Hall–Kier alpha value is -0.800. The molecule has 0 N–H and O–H groups in total. The molecule has 0 spiro atoms. The van der Waals surface area contributed by atoms with Gasteiger partial charge in [0.05, 0.1) is 11.0 Å². The van der Waals surface area contributed by atoms with Crippen molar-refractivity contribution in [3.05, 3.63) is 45.3 Å². The number of nitrogens with zero attached hydrogens (tertiary/aromatic N) is 1. The van der Waals surface area contributed by atoms with Gasteiger partial charge in [0.1, 0.15) is 0 Å². The average molecular weight is 465 g/mol. The van der Waals surface area contributed by atoms with Crippen LogP contribution in [-0.4, -0.2) is 4.57 Å². The summed E-state index contributed by atoms with van der Waals surface area (Å²) >= 11 is 7.28. The van der Waals surface area contributed by atoms with Gasteiger partial charge in [-0.1, -0.05) is 95.9 Å². The molecule has 1 aromatic heterocycles. The summed E-state index contributed by atoms with van der Waals surface area (Å²) in [4.78, 5) is 0. The Morgan fingerprint density at radius 1 is 0.680 bits per heavy atom. The van der Waals surface area contributed by atoms with E-state index in [0.29, 0.717) is 0 Å². The van der Waals surface area contributed by atoms with Crippen LogP contribution in [0.5, 0.6) is 0 Å². The molecule has 0 saturated heterocycles. The highest BCUT2D eigenvalue weighted by atomic mass is 79.9. The summed E-state index contributed by atoms with van der Waals surface area (Å²) in [5.41, 5.74) is 2.68. The second-order valence-corrected chi connectivity index (χ2v) is 8.78. The van der Waals surface area contributed by atoms with Crippen LogP contribution in [0.4, 0.5) is 0 Å². The van der Waals surface area contributed by atoms with Crippen molar-refractivity contribution < 1.29 is 0 Å². The zero-order valence-corrected chi connectivity index (χ0v) is 18.2. The van der Waals surface area contributed by atoms with Crippen LogP contribution in [0.1, 0.15) is 58.3 Å². The Labute approximate surface area is 168 Å². The van der Waals surface area contributed by atoms with Crippen molar-refractivity contribution in [1.82, 2.24) is 4.57 Å². The molecule has 0 unspecified atom stereocenters. The van der Waals surface area contributed by atoms with E-state index in [1.165, 1.54) is 73.2 Å². The molecule has 0 saturated carbocycles. The number of rotatable bonds is 9. The Morgan fingerprint density at radius 3 is 1.68 bits per heavy atom. The lowest BCUT2D eigenvalue weighted by molar-refractivity contribution is 0.553. The number of aromatic nitrogens is 1. The van der Waals surface area contributed by atoms with Gasteiger partial charge in [-0.15, -0.1) is 0 Å². The molecule has 3 heteroatoms. The van der Waals surface area contributed by atoms with Crippen molar-refractivity contribution in [3.8, 4) is 0 Å². The van der Waals surface area contributed by atoms with E-state index in [4.69, 9.17) is 0 Å². The van der Waals surface area contributed by atoms with Gasteiger partial charge >= 0.3 is 0 Å². The first-order chi connectivity index (χ1) is 12.2. The summed E-state index contributed by atoms with van der Waals surface area (Å²) in [7, 11) is 0. The SMILES string of the molecule is CCCCCCCCCCn1c2cc(Br)ccc2c2ccc(Br)cc21. The van der Waals surface area contributed by atoms with Crippen molar-refractivity contribution in [2.24, 2.45) is 0 Å². The standard InChI is InChI=1S/C22H27Br2N/c1-2-3-4-5-6-7-8-9-14-25-21-15-17(23)10-12-19(21)20-13-11-18(24)16-22(20)25/h10-13,15-16H,2-9,14H2,1H3. The minimum atomic E-state index is 1.10. The van der Waals surface area contributed by atoms with Gasteiger partial charge in [0, 0.05) is 26.3 Å².